The zero-order valence-corrected chi connectivity index (χ0v) is 15.1. The molecule has 0 aromatic carbocycles. The van der Waals surface area contributed by atoms with Crippen molar-refractivity contribution >= 4 is 5.91 Å². The van der Waals surface area contributed by atoms with Gasteiger partial charge in [0.25, 0.3) is 5.91 Å². The van der Waals surface area contributed by atoms with Gasteiger partial charge in [-0.1, -0.05) is 5.16 Å². The number of carbonyl (C=O) groups excluding carboxylic acids is 1. The van der Waals surface area contributed by atoms with E-state index in [4.69, 9.17) is 4.52 Å². The second-order valence-corrected chi connectivity index (χ2v) is 6.77. The molecule has 1 amide bonds. The monoisotopic (exact) mass is 351 g/mol. The lowest BCUT2D eigenvalue weighted by atomic mass is 10.1. The Balaban J connectivity index is 1.57. The third kappa shape index (κ3) is 2.89. The van der Waals surface area contributed by atoms with E-state index in [1.807, 2.05) is 49.9 Å². The molecule has 1 aliphatic rings. The Morgan fingerprint density at radius 2 is 2.04 bits per heavy atom. The number of nitrogens with zero attached hydrogens (tertiary/aromatic N) is 5. The molecule has 4 heterocycles. The summed E-state index contributed by atoms with van der Waals surface area (Å²) in [5.41, 5.74) is 3.34. The van der Waals surface area contributed by atoms with E-state index in [2.05, 4.69) is 15.2 Å². The number of aromatic nitrogens is 4. The minimum atomic E-state index is -0.0561. The van der Waals surface area contributed by atoms with Gasteiger partial charge in [-0.15, -0.1) is 0 Å². The molecule has 134 valence electrons. The summed E-state index contributed by atoms with van der Waals surface area (Å²) in [4.78, 5) is 19.2. The predicted molar refractivity (Wildman–Crippen MR) is 95.1 cm³/mol. The third-order valence-corrected chi connectivity index (χ3v) is 4.71. The number of carbonyl (C=O) groups is 1. The number of aryl methyl sites for hydroxylation is 3. The average molecular weight is 351 g/mol. The van der Waals surface area contributed by atoms with Crippen molar-refractivity contribution in [3.05, 3.63) is 58.9 Å². The number of amides is 1. The van der Waals surface area contributed by atoms with Crippen LogP contribution in [0.1, 0.15) is 52.1 Å². The van der Waals surface area contributed by atoms with Crippen LogP contribution in [0.5, 0.6) is 0 Å². The molecule has 1 atom stereocenters. The molecule has 1 fully saturated rings. The fraction of sp³-hybridized carbons (Fsp3) is 0.368. The van der Waals surface area contributed by atoms with E-state index < -0.39 is 0 Å². The van der Waals surface area contributed by atoms with Crippen LogP contribution >= 0.6 is 0 Å². The molecule has 3 aromatic rings. The molecule has 26 heavy (non-hydrogen) atoms. The van der Waals surface area contributed by atoms with Gasteiger partial charge in [0, 0.05) is 24.5 Å². The molecule has 0 saturated carbocycles. The number of hydrogen-bond acceptors (Lipinski definition) is 5. The fourth-order valence-corrected chi connectivity index (χ4v) is 3.51. The number of hydrogen-bond donors (Lipinski definition) is 0. The first-order valence-electron chi connectivity index (χ1n) is 8.77. The molecule has 4 rings (SSSR count). The molecule has 0 bridgehead atoms. The van der Waals surface area contributed by atoms with Crippen molar-refractivity contribution < 1.29 is 9.32 Å². The predicted octanol–water partition coefficient (Wildman–Crippen LogP) is 3.16. The summed E-state index contributed by atoms with van der Waals surface area (Å²) in [5, 5.41) is 8.37. The lowest BCUT2D eigenvalue weighted by molar-refractivity contribution is 0.0714. The molecule has 0 spiro atoms. The van der Waals surface area contributed by atoms with Gasteiger partial charge >= 0.3 is 0 Å². The van der Waals surface area contributed by atoms with Crippen LogP contribution in [0, 0.1) is 20.8 Å². The van der Waals surface area contributed by atoms with Crippen molar-refractivity contribution in [3.63, 3.8) is 0 Å². The SMILES string of the molecule is Cc1cc([C@H]2CCCN2C(=O)c2ccc(-n3nc(C)cc3C)nc2)on1. The van der Waals surface area contributed by atoms with Crippen molar-refractivity contribution in [3.8, 4) is 5.82 Å². The molecule has 0 radical (unpaired) electrons. The zero-order valence-electron chi connectivity index (χ0n) is 15.1. The first kappa shape index (κ1) is 16.5. The first-order chi connectivity index (χ1) is 12.5. The highest BCUT2D eigenvalue weighted by Gasteiger charge is 2.33. The maximum atomic E-state index is 13.0. The second kappa shape index (κ2) is 6.40. The van der Waals surface area contributed by atoms with Gasteiger partial charge in [0.15, 0.2) is 11.6 Å². The minimum absolute atomic E-state index is 0.0334. The van der Waals surface area contributed by atoms with E-state index in [0.717, 1.165) is 35.7 Å². The zero-order chi connectivity index (χ0) is 18.3. The maximum absolute atomic E-state index is 13.0. The second-order valence-electron chi connectivity index (χ2n) is 6.77. The van der Waals surface area contributed by atoms with Gasteiger partial charge in [-0.2, -0.15) is 5.10 Å². The van der Waals surface area contributed by atoms with Gasteiger partial charge in [-0.05, 0) is 51.8 Å². The molecule has 1 saturated heterocycles. The standard InChI is InChI=1S/C19H21N5O2/c1-12-9-14(3)24(21-12)18-7-6-15(11-20-18)19(25)23-8-4-5-16(23)17-10-13(2)22-26-17/h6-7,9-11,16H,4-5,8H2,1-3H3/t16-/m1/s1. The third-order valence-electron chi connectivity index (χ3n) is 4.71. The quantitative estimate of drug-likeness (QED) is 0.724. The average Bonchev–Trinajstić information content (AvgIpc) is 3.34. The van der Waals surface area contributed by atoms with Crippen LogP contribution in [0.15, 0.2) is 35.0 Å². The Kier molecular flexibility index (Phi) is 4.06. The van der Waals surface area contributed by atoms with Gasteiger partial charge in [-0.25, -0.2) is 9.67 Å². The number of likely N-dealkylation sites (tertiary alicyclic amines) is 1. The largest absolute Gasteiger partial charge is 0.359 e. The molecule has 1 aliphatic heterocycles. The van der Waals surface area contributed by atoms with Crippen LogP contribution in [0.4, 0.5) is 0 Å². The summed E-state index contributed by atoms with van der Waals surface area (Å²) in [6.45, 7) is 6.52. The van der Waals surface area contributed by atoms with Crippen LogP contribution in [0.25, 0.3) is 5.82 Å². The van der Waals surface area contributed by atoms with Crippen LogP contribution in [-0.2, 0) is 0 Å². The molecule has 0 unspecified atom stereocenters. The highest BCUT2D eigenvalue weighted by atomic mass is 16.5. The Bertz CT molecular complexity index is 941. The van der Waals surface area contributed by atoms with Crippen molar-refractivity contribution in [2.45, 2.75) is 39.7 Å². The highest BCUT2D eigenvalue weighted by Crippen LogP contribution is 2.33. The van der Waals surface area contributed by atoms with Crippen molar-refractivity contribution in [1.82, 2.24) is 24.8 Å². The highest BCUT2D eigenvalue weighted by molar-refractivity contribution is 5.94. The molecular formula is C19H21N5O2. The van der Waals surface area contributed by atoms with Gasteiger partial charge in [-0.3, -0.25) is 4.79 Å². The molecule has 0 N–H and O–H groups in total. The van der Waals surface area contributed by atoms with Crippen LogP contribution < -0.4 is 0 Å². The minimum Gasteiger partial charge on any atom is -0.359 e. The molecule has 3 aromatic heterocycles. The molecule has 7 nitrogen and oxygen atoms in total. The van der Waals surface area contributed by atoms with E-state index in [1.54, 1.807) is 10.9 Å². The summed E-state index contributed by atoms with van der Waals surface area (Å²) in [5.74, 6) is 1.42. The Hall–Kier alpha value is -2.96. The summed E-state index contributed by atoms with van der Waals surface area (Å²) >= 11 is 0. The summed E-state index contributed by atoms with van der Waals surface area (Å²) in [6.07, 6.45) is 3.46. The van der Waals surface area contributed by atoms with Gasteiger partial charge < -0.3 is 9.42 Å². The van der Waals surface area contributed by atoms with Crippen molar-refractivity contribution in [2.75, 3.05) is 6.54 Å². The normalized spacial score (nSPS) is 17.0. The smallest absolute Gasteiger partial charge is 0.256 e. The van der Waals surface area contributed by atoms with E-state index in [0.29, 0.717) is 17.9 Å². The number of pyridine rings is 1. The van der Waals surface area contributed by atoms with Crippen molar-refractivity contribution in [2.24, 2.45) is 0 Å². The van der Waals surface area contributed by atoms with Gasteiger partial charge in [0.2, 0.25) is 0 Å². The molecular weight excluding hydrogens is 330 g/mol. The van der Waals surface area contributed by atoms with Gasteiger partial charge in [0.1, 0.15) is 0 Å². The summed E-state index contributed by atoms with van der Waals surface area (Å²) in [7, 11) is 0. The lowest BCUT2D eigenvalue weighted by Crippen LogP contribution is -2.30. The maximum Gasteiger partial charge on any atom is 0.256 e. The Morgan fingerprint density at radius 1 is 1.19 bits per heavy atom. The summed E-state index contributed by atoms with van der Waals surface area (Å²) < 4.78 is 7.16. The van der Waals surface area contributed by atoms with Crippen molar-refractivity contribution in [1.29, 1.82) is 0 Å². The Labute approximate surface area is 151 Å². The Morgan fingerprint density at radius 3 is 2.65 bits per heavy atom. The lowest BCUT2D eigenvalue weighted by Gasteiger charge is -2.22. The van der Waals surface area contributed by atoms with E-state index in [-0.39, 0.29) is 11.9 Å². The van der Waals surface area contributed by atoms with Crippen LogP contribution in [0.3, 0.4) is 0 Å². The van der Waals surface area contributed by atoms with E-state index >= 15 is 0 Å². The summed E-state index contributed by atoms with van der Waals surface area (Å²) in [6, 6.07) is 7.48. The first-order valence-corrected chi connectivity index (χ1v) is 8.77. The van der Waals surface area contributed by atoms with Gasteiger partial charge in [0.05, 0.1) is 23.0 Å². The topological polar surface area (TPSA) is 77.0 Å². The van der Waals surface area contributed by atoms with E-state index in [9.17, 15) is 4.79 Å². The van der Waals surface area contributed by atoms with Crippen LogP contribution in [0.2, 0.25) is 0 Å². The molecule has 0 aliphatic carbocycles. The van der Waals surface area contributed by atoms with Crippen LogP contribution in [-0.4, -0.2) is 37.3 Å². The van der Waals surface area contributed by atoms with E-state index in [1.165, 1.54) is 0 Å². The fourth-order valence-electron chi connectivity index (χ4n) is 3.51. The molecule has 7 heteroatoms. The number of rotatable bonds is 3.